The van der Waals surface area contributed by atoms with E-state index in [0.29, 0.717) is 17.1 Å². The molecule has 0 saturated carbocycles. The summed E-state index contributed by atoms with van der Waals surface area (Å²) >= 11 is 5.96. The first kappa shape index (κ1) is 13.4. The first-order valence-corrected chi connectivity index (χ1v) is 6.66. The Labute approximate surface area is 112 Å². The molecule has 2 rings (SSSR count). The summed E-state index contributed by atoms with van der Waals surface area (Å²) in [4.78, 5) is 14.2. The van der Waals surface area contributed by atoms with Crippen molar-refractivity contribution in [1.82, 2.24) is 4.90 Å². The SMILES string of the molecule is Cc1cc(C(=O)N2CCCC(CO)C2)ccc1Cl. The normalized spacial score (nSPS) is 19.9. The fourth-order valence-electron chi connectivity index (χ4n) is 2.36. The van der Waals surface area contributed by atoms with Gasteiger partial charge in [0.25, 0.3) is 5.91 Å². The highest BCUT2D eigenvalue weighted by Crippen LogP contribution is 2.21. The molecule has 0 radical (unpaired) electrons. The van der Waals surface area contributed by atoms with Gasteiger partial charge in [-0.1, -0.05) is 11.6 Å². The number of likely N-dealkylation sites (tertiary alicyclic amines) is 1. The van der Waals surface area contributed by atoms with Crippen LogP contribution in [-0.2, 0) is 0 Å². The molecule has 0 spiro atoms. The second kappa shape index (κ2) is 5.72. The van der Waals surface area contributed by atoms with Gasteiger partial charge in [0, 0.05) is 30.3 Å². The number of benzene rings is 1. The Balaban J connectivity index is 2.12. The fraction of sp³-hybridized carbons (Fsp3) is 0.500. The monoisotopic (exact) mass is 267 g/mol. The zero-order valence-electron chi connectivity index (χ0n) is 10.5. The van der Waals surface area contributed by atoms with Gasteiger partial charge in [0.1, 0.15) is 0 Å². The minimum absolute atomic E-state index is 0.0351. The van der Waals surface area contributed by atoms with Crippen molar-refractivity contribution < 1.29 is 9.90 Å². The van der Waals surface area contributed by atoms with Crippen LogP contribution in [0, 0.1) is 12.8 Å². The summed E-state index contributed by atoms with van der Waals surface area (Å²) in [5.41, 5.74) is 1.59. The predicted octanol–water partition coefficient (Wildman–Crippen LogP) is 2.49. The van der Waals surface area contributed by atoms with Gasteiger partial charge in [-0.2, -0.15) is 0 Å². The van der Waals surface area contributed by atoms with E-state index < -0.39 is 0 Å². The van der Waals surface area contributed by atoms with Gasteiger partial charge in [0.2, 0.25) is 0 Å². The first-order valence-electron chi connectivity index (χ1n) is 6.28. The molecule has 1 heterocycles. The molecule has 1 aliphatic rings. The lowest BCUT2D eigenvalue weighted by Gasteiger charge is -2.32. The molecule has 1 unspecified atom stereocenters. The topological polar surface area (TPSA) is 40.5 Å². The molecule has 1 saturated heterocycles. The molecule has 1 amide bonds. The Kier molecular flexibility index (Phi) is 4.25. The number of rotatable bonds is 2. The maximum absolute atomic E-state index is 12.3. The summed E-state index contributed by atoms with van der Waals surface area (Å²) in [5, 5.41) is 9.87. The van der Waals surface area contributed by atoms with Crippen LogP contribution in [0.4, 0.5) is 0 Å². The molecular formula is C14H18ClNO2. The Hall–Kier alpha value is -1.06. The lowest BCUT2D eigenvalue weighted by Crippen LogP contribution is -2.40. The predicted molar refractivity (Wildman–Crippen MR) is 71.9 cm³/mol. The highest BCUT2D eigenvalue weighted by Gasteiger charge is 2.24. The van der Waals surface area contributed by atoms with Crippen molar-refractivity contribution in [3.63, 3.8) is 0 Å². The second-order valence-electron chi connectivity index (χ2n) is 4.91. The fourth-order valence-corrected chi connectivity index (χ4v) is 2.48. The lowest BCUT2D eigenvalue weighted by molar-refractivity contribution is 0.0620. The number of hydrogen-bond acceptors (Lipinski definition) is 2. The standard InChI is InChI=1S/C14H18ClNO2/c1-10-7-12(4-5-13(10)15)14(18)16-6-2-3-11(8-16)9-17/h4-5,7,11,17H,2-3,6,8-9H2,1H3. The number of aliphatic hydroxyl groups excluding tert-OH is 1. The number of aryl methyl sites for hydroxylation is 1. The van der Waals surface area contributed by atoms with Crippen LogP contribution in [0.1, 0.15) is 28.8 Å². The summed E-state index contributed by atoms with van der Waals surface area (Å²) in [6.45, 7) is 3.48. The van der Waals surface area contributed by atoms with E-state index in [9.17, 15) is 9.90 Å². The zero-order chi connectivity index (χ0) is 13.1. The number of carbonyl (C=O) groups is 1. The van der Waals surface area contributed by atoms with Crippen LogP contribution in [0.2, 0.25) is 5.02 Å². The van der Waals surface area contributed by atoms with E-state index in [1.807, 2.05) is 17.9 Å². The highest BCUT2D eigenvalue weighted by atomic mass is 35.5. The van der Waals surface area contributed by atoms with Gasteiger partial charge in [-0.15, -0.1) is 0 Å². The Morgan fingerprint density at radius 1 is 1.56 bits per heavy atom. The molecule has 1 atom stereocenters. The molecule has 0 aliphatic carbocycles. The molecule has 1 fully saturated rings. The number of amides is 1. The van der Waals surface area contributed by atoms with Crippen LogP contribution in [-0.4, -0.2) is 35.6 Å². The van der Waals surface area contributed by atoms with E-state index in [0.717, 1.165) is 24.9 Å². The number of carbonyl (C=O) groups excluding carboxylic acids is 1. The number of hydrogen-bond donors (Lipinski definition) is 1. The molecule has 18 heavy (non-hydrogen) atoms. The molecule has 0 bridgehead atoms. The molecule has 4 heteroatoms. The third-order valence-electron chi connectivity index (χ3n) is 3.47. The van der Waals surface area contributed by atoms with Gasteiger partial charge in [0.15, 0.2) is 0 Å². The van der Waals surface area contributed by atoms with Crippen molar-refractivity contribution in [2.75, 3.05) is 19.7 Å². The number of nitrogens with zero attached hydrogens (tertiary/aromatic N) is 1. The molecule has 0 aromatic heterocycles. The average Bonchev–Trinajstić information content (AvgIpc) is 2.41. The van der Waals surface area contributed by atoms with Gasteiger partial charge in [-0.05, 0) is 49.4 Å². The van der Waals surface area contributed by atoms with Crippen LogP contribution in [0.25, 0.3) is 0 Å². The van der Waals surface area contributed by atoms with Crippen molar-refractivity contribution in [2.45, 2.75) is 19.8 Å². The van der Waals surface area contributed by atoms with Crippen molar-refractivity contribution >= 4 is 17.5 Å². The summed E-state index contributed by atoms with van der Waals surface area (Å²) in [7, 11) is 0. The smallest absolute Gasteiger partial charge is 0.253 e. The minimum atomic E-state index is 0.0351. The molecule has 1 aromatic carbocycles. The summed E-state index contributed by atoms with van der Waals surface area (Å²) in [6, 6.07) is 5.35. The highest BCUT2D eigenvalue weighted by molar-refractivity contribution is 6.31. The van der Waals surface area contributed by atoms with Gasteiger partial charge in [0.05, 0.1) is 0 Å². The molecule has 1 N–H and O–H groups in total. The van der Waals surface area contributed by atoms with E-state index in [4.69, 9.17) is 11.6 Å². The lowest BCUT2D eigenvalue weighted by atomic mass is 9.98. The van der Waals surface area contributed by atoms with Gasteiger partial charge in [-0.25, -0.2) is 0 Å². The molecule has 3 nitrogen and oxygen atoms in total. The number of halogens is 1. The van der Waals surface area contributed by atoms with Crippen LogP contribution in [0.15, 0.2) is 18.2 Å². The Morgan fingerprint density at radius 2 is 2.33 bits per heavy atom. The maximum atomic E-state index is 12.3. The summed E-state index contributed by atoms with van der Waals surface area (Å²) in [5.74, 6) is 0.254. The summed E-state index contributed by atoms with van der Waals surface area (Å²) < 4.78 is 0. The van der Waals surface area contributed by atoms with Gasteiger partial charge in [-0.3, -0.25) is 4.79 Å². The number of piperidine rings is 1. The van der Waals surface area contributed by atoms with Crippen molar-refractivity contribution in [3.05, 3.63) is 34.3 Å². The minimum Gasteiger partial charge on any atom is -0.396 e. The van der Waals surface area contributed by atoms with E-state index in [1.54, 1.807) is 12.1 Å². The number of aliphatic hydroxyl groups is 1. The average molecular weight is 268 g/mol. The van der Waals surface area contributed by atoms with Crippen molar-refractivity contribution in [1.29, 1.82) is 0 Å². The molecular weight excluding hydrogens is 250 g/mol. The molecule has 98 valence electrons. The Bertz CT molecular complexity index is 447. The first-order chi connectivity index (χ1) is 8.61. The van der Waals surface area contributed by atoms with Crippen molar-refractivity contribution in [2.24, 2.45) is 5.92 Å². The maximum Gasteiger partial charge on any atom is 0.253 e. The Morgan fingerprint density at radius 3 is 3.00 bits per heavy atom. The zero-order valence-corrected chi connectivity index (χ0v) is 11.3. The third-order valence-corrected chi connectivity index (χ3v) is 3.89. The molecule has 1 aromatic rings. The van der Waals surface area contributed by atoms with Crippen molar-refractivity contribution in [3.8, 4) is 0 Å². The van der Waals surface area contributed by atoms with Crippen LogP contribution in [0.3, 0.4) is 0 Å². The van der Waals surface area contributed by atoms with E-state index in [-0.39, 0.29) is 18.4 Å². The van der Waals surface area contributed by atoms with Crippen LogP contribution in [0.5, 0.6) is 0 Å². The van der Waals surface area contributed by atoms with Crippen LogP contribution < -0.4 is 0 Å². The van der Waals surface area contributed by atoms with Gasteiger partial charge >= 0.3 is 0 Å². The van der Waals surface area contributed by atoms with Gasteiger partial charge < -0.3 is 10.0 Å². The second-order valence-corrected chi connectivity index (χ2v) is 5.31. The largest absolute Gasteiger partial charge is 0.396 e. The van der Waals surface area contributed by atoms with E-state index in [1.165, 1.54) is 0 Å². The quantitative estimate of drug-likeness (QED) is 0.894. The van der Waals surface area contributed by atoms with E-state index in [2.05, 4.69) is 0 Å². The van der Waals surface area contributed by atoms with Crippen LogP contribution >= 0.6 is 11.6 Å². The third kappa shape index (κ3) is 2.85. The van der Waals surface area contributed by atoms with E-state index >= 15 is 0 Å². The molecule has 1 aliphatic heterocycles. The summed E-state index contributed by atoms with van der Waals surface area (Å²) in [6.07, 6.45) is 1.96.